The van der Waals surface area contributed by atoms with Crippen LogP contribution in [0.1, 0.15) is 46.0 Å². The first-order valence-corrected chi connectivity index (χ1v) is 6.39. The summed E-state index contributed by atoms with van der Waals surface area (Å²) in [5.41, 5.74) is -0.122. The van der Waals surface area contributed by atoms with Crippen LogP contribution in [0.25, 0.3) is 0 Å². The maximum absolute atomic E-state index is 11.2. The standard InChI is InChI=1S/C13H21NO3/c1-8(15)14-13(2)6-9-3-10(7-13)5-11(4-9)12(16)17/h9-11H,3-7H2,1-2H3,(H,14,15)(H,16,17). The van der Waals surface area contributed by atoms with Crippen molar-refractivity contribution in [2.45, 2.75) is 51.5 Å². The average molecular weight is 239 g/mol. The minimum absolute atomic E-state index is 0.0160. The zero-order chi connectivity index (χ0) is 12.6. The summed E-state index contributed by atoms with van der Waals surface area (Å²) in [6.07, 6.45) is 4.54. The molecule has 96 valence electrons. The largest absolute Gasteiger partial charge is 0.481 e. The zero-order valence-corrected chi connectivity index (χ0v) is 10.5. The van der Waals surface area contributed by atoms with Crippen molar-refractivity contribution in [1.29, 1.82) is 0 Å². The Morgan fingerprint density at radius 2 is 1.71 bits per heavy atom. The molecular weight excluding hydrogens is 218 g/mol. The molecule has 2 N–H and O–H groups in total. The van der Waals surface area contributed by atoms with Crippen molar-refractivity contribution in [3.63, 3.8) is 0 Å². The topological polar surface area (TPSA) is 66.4 Å². The monoisotopic (exact) mass is 239 g/mol. The molecular formula is C13H21NO3. The van der Waals surface area contributed by atoms with Gasteiger partial charge in [0.15, 0.2) is 0 Å². The molecule has 2 atom stereocenters. The second-order valence-corrected chi connectivity index (χ2v) is 6.12. The van der Waals surface area contributed by atoms with Gasteiger partial charge < -0.3 is 10.4 Å². The highest BCUT2D eigenvalue weighted by Gasteiger charge is 2.43. The van der Waals surface area contributed by atoms with Gasteiger partial charge in [-0.15, -0.1) is 0 Å². The lowest BCUT2D eigenvalue weighted by Crippen LogP contribution is -2.52. The third kappa shape index (κ3) is 2.79. The molecule has 0 saturated heterocycles. The quantitative estimate of drug-likeness (QED) is 0.772. The van der Waals surface area contributed by atoms with Gasteiger partial charge in [0.25, 0.3) is 0 Å². The number of rotatable bonds is 2. The van der Waals surface area contributed by atoms with Crippen molar-refractivity contribution < 1.29 is 14.7 Å². The van der Waals surface area contributed by atoms with E-state index in [9.17, 15) is 9.59 Å². The van der Waals surface area contributed by atoms with Crippen molar-refractivity contribution >= 4 is 11.9 Å². The molecule has 1 amide bonds. The van der Waals surface area contributed by atoms with E-state index in [2.05, 4.69) is 12.2 Å². The summed E-state index contributed by atoms with van der Waals surface area (Å²) in [6, 6.07) is 0. The van der Waals surface area contributed by atoms with Gasteiger partial charge in [-0.3, -0.25) is 9.59 Å². The normalized spacial score (nSPS) is 40.7. The number of aliphatic carboxylic acids is 1. The molecule has 0 radical (unpaired) electrons. The molecule has 0 aromatic heterocycles. The van der Waals surface area contributed by atoms with Crippen LogP contribution in [0.15, 0.2) is 0 Å². The van der Waals surface area contributed by atoms with Gasteiger partial charge in [0, 0.05) is 12.5 Å². The fraction of sp³-hybridized carbons (Fsp3) is 0.846. The SMILES string of the molecule is CC(=O)NC1(C)CC2CC(CC(C(=O)O)C2)C1. The van der Waals surface area contributed by atoms with Gasteiger partial charge in [-0.1, -0.05) is 0 Å². The lowest BCUT2D eigenvalue weighted by molar-refractivity contribution is -0.145. The van der Waals surface area contributed by atoms with E-state index in [-0.39, 0.29) is 17.4 Å². The molecule has 2 saturated carbocycles. The average Bonchev–Trinajstić information content (AvgIpc) is 2.12. The van der Waals surface area contributed by atoms with Crippen LogP contribution < -0.4 is 5.32 Å². The molecule has 2 unspecified atom stereocenters. The van der Waals surface area contributed by atoms with Crippen molar-refractivity contribution in [1.82, 2.24) is 5.32 Å². The van der Waals surface area contributed by atoms with Crippen LogP contribution in [0.3, 0.4) is 0 Å². The first-order valence-electron chi connectivity index (χ1n) is 6.39. The number of hydrogen-bond acceptors (Lipinski definition) is 2. The van der Waals surface area contributed by atoms with E-state index < -0.39 is 5.97 Å². The van der Waals surface area contributed by atoms with Crippen molar-refractivity contribution in [3.05, 3.63) is 0 Å². The third-order valence-electron chi connectivity index (χ3n) is 4.21. The minimum Gasteiger partial charge on any atom is -0.481 e. The van der Waals surface area contributed by atoms with Crippen LogP contribution in [0.2, 0.25) is 0 Å². The van der Waals surface area contributed by atoms with E-state index in [1.807, 2.05) is 0 Å². The molecule has 0 heterocycles. The van der Waals surface area contributed by atoms with Gasteiger partial charge in [-0.05, 0) is 50.9 Å². The molecule has 2 aliphatic carbocycles. The number of carbonyl (C=O) groups is 2. The number of fused-ring (bicyclic) bond motifs is 2. The maximum Gasteiger partial charge on any atom is 0.306 e. The van der Waals surface area contributed by atoms with E-state index in [1.54, 1.807) is 6.92 Å². The summed E-state index contributed by atoms with van der Waals surface area (Å²) in [5.74, 6) is 0.117. The van der Waals surface area contributed by atoms with Crippen LogP contribution in [-0.4, -0.2) is 22.5 Å². The number of hydrogen-bond donors (Lipinski definition) is 2. The molecule has 2 bridgehead atoms. The van der Waals surface area contributed by atoms with Crippen LogP contribution in [0.5, 0.6) is 0 Å². The van der Waals surface area contributed by atoms with Gasteiger partial charge in [0.1, 0.15) is 0 Å². The van der Waals surface area contributed by atoms with Crippen molar-refractivity contribution in [2.75, 3.05) is 0 Å². The van der Waals surface area contributed by atoms with E-state index in [4.69, 9.17) is 5.11 Å². The molecule has 4 heteroatoms. The fourth-order valence-corrected chi connectivity index (χ4v) is 3.98. The molecule has 0 spiro atoms. The van der Waals surface area contributed by atoms with Crippen LogP contribution in [-0.2, 0) is 9.59 Å². The number of nitrogens with one attached hydrogen (secondary N) is 1. The van der Waals surface area contributed by atoms with Crippen molar-refractivity contribution in [3.8, 4) is 0 Å². The van der Waals surface area contributed by atoms with E-state index in [1.165, 1.54) is 0 Å². The van der Waals surface area contributed by atoms with Gasteiger partial charge in [0.05, 0.1) is 5.92 Å². The minimum atomic E-state index is -0.650. The van der Waals surface area contributed by atoms with Gasteiger partial charge >= 0.3 is 5.97 Å². The predicted octanol–water partition coefficient (Wildman–Crippen LogP) is 1.79. The summed E-state index contributed by atoms with van der Waals surface area (Å²) in [6.45, 7) is 3.64. The highest BCUT2D eigenvalue weighted by Crippen LogP contribution is 2.46. The number of carboxylic acids is 1. The Hall–Kier alpha value is -1.06. The predicted molar refractivity (Wildman–Crippen MR) is 63.4 cm³/mol. The summed E-state index contributed by atoms with van der Waals surface area (Å²) >= 11 is 0. The molecule has 17 heavy (non-hydrogen) atoms. The summed E-state index contributed by atoms with van der Waals surface area (Å²) in [7, 11) is 0. The van der Waals surface area contributed by atoms with Gasteiger partial charge in [0.2, 0.25) is 5.91 Å². The van der Waals surface area contributed by atoms with Crippen molar-refractivity contribution in [2.24, 2.45) is 17.8 Å². The van der Waals surface area contributed by atoms with Crippen LogP contribution in [0, 0.1) is 17.8 Å². The Labute approximate surface area is 102 Å². The lowest BCUT2D eigenvalue weighted by Gasteiger charge is -2.47. The molecule has 0 aromatic rings. The van der Waals surface area contributed by atoms with Gasteiger partial charge in [-0.25, -0.2) is 0 Å². The van der Waals surface area contributed by atoms with Crippen LogP contribution in [0.4, 0.5) is 0 Å². The summed E-state index contributed by atoms with van der Waals surface area (Å²) < 4.78 is 0. The smallest absolute Gasteiger partial charge is 0.306 e. The summed E-state index contributed by atoms with van der Waals surface area (Å²) in [5, 5.41) is 12.1. The van der Waals surface area contributed by atoms with Gasteiger partial charge in [-0.2, -0.15) is 0 Å². The van der Waals surface area contributed by atoms with E-state index >= 15 is 0 Å². The Morgan fingerprint density at radius 1 is 1.18 bits per heavy atom. The molecule has 2 fully saturated rings. The zero-order valence-electron chi connectivity index (χ0n) is 10.5. The molecule has 4 nitrogen and oxygen atoms in total. The second-order valence-electron chi connectivity index (χ2n) is 6.12. The fourth-order valence-electron chi connectivity index (χ4n) is 3.98. The first-order chi connectivity index (χ1) is 7.88. The summed E-state index contributed by atoms with van der Waals surface area (Å²) in [4.78, 5) is 22.3. The Bertz CT molecular complexity index is 326. The maximum atomic E-state index is 11.2. The highest BCUT2D eigenvalue weighted by molar-refractivity contribution is 5.74. The Morgan fingerprint density at radius 3 is 2.12 bits per heavy atom. The number of carboxylic acid groups (broad SMARTS) is 1. The first kappa shape index (κ1) is 12.4. The molecule has 0 aliphatic heterocycles. The van der Waals surface area contributed by atoms with E-state index in [0.717, 1.165) is 32.1 Å². The Kier molecular flexibility index (Phi) is 3.15. The number of amides is 1. The highest BCUT2D eigenvalue weighted by atomic mass is 16.4. The second kappa shape index (κ2) is 4.31. The lowest BCUT2D eigenvalue weighted by atomic mass is 9.62. The molecule has 2 rings (SSSR count). The molecule has 2 aliphatic rings. The van der Waals surface area contributed by atoms with E-state index in [0.29, 0.717) is 11.8 Å². The third-order valence-corrected chi connectivity index (χ3v) is 4.21. The van der Waals surface area contributed by atoms with Crippen LogP contribution >= 0.6 is 0 Å². The number of carbonyl (C=O) groups excluding carboxylic acids is 1. The Balaban J connectivity index is 2.04. The molecule has 0 aromatic carbocycles.